The van der Waals surface area contributed by atoms with Crippen molar-refractivity contribution in [3.8, 4) is 0 Å². The molecule has 1 unspecified atom stereocenters. The average Bonchev–Trinajstić information content (AvgIpc) is 3.47. The van der Waals surface area contributed by atoms with Crippen LogP contribution in [0.25, 0.3) is 11.4 Å². The van der Waals surface area contributed by atoms with E-state index in [2.05, 4.69) is 87.4 Å². The van der Waals surface area contributed by atoms with Crippen LogP contribution >= 0.6 is 11.8 Å². The highest BCUT2D eigenvalue weighted by Gasteiger charge is 2.48. The van der Waals surface area contributed by atoms with Crippen LogP contribution in [0.1, 0.15) is 127 Å². The van der Waals surface area contributed by atoms with Crippen LogP contribution in [-0.2, 0) is 4.79 Å². The Labute approximate surface area is 265 Å². The van der Waals surface area contributed by atoms with Crippen molar-refractivity contribution in [2.24, 2.45) is 0 Å². The summed E-state index contributed by atoms with van der Waals surface area (Å²) in [7, 11) is 0. The van der Waals surface area contributed by atoms with Crippen LogP contribution in [0, 0.1) is 0 Å². The molecular weight excluding hydrogens is 548 g/mol. The van der Waals surface area contributed by atoms with Gasteiger partial charge in [0, 0.05) is 23.6 Å². The number of thioether (sulfide) groups is 1. The van der Waals surface area contributed by atoms with Gasteiger partial charge in [0.15, 0.2) is 6.23 Å². The zero-order valence-corrected chi connectivity index (χ0v) is 28.1. The molecule has 0 saturated heterocycles. The lowest BCUT2D eigenvalue weighted by Crippen LogP contribution is -2.33. The molecule has 2 heterocycles. The van der Waals surface area contributed by atoms with Crippen molar-refractivity contribution in [2.75, 3.05) is 19.3 Å². The summed E-state index contributed by atoms with van der Waals surface area (Å²) in [5.74, 6) is 0.479. The van der Waals surface area contributed by atoms with Crippen molar-refractivity contribution in [3.63, 3.8) is 0 Å². The molecular formula is C38H54N2O2S. The Hall–Kier alpha value is -2.50. The van der Waals surface area contributed by atoms with Gasteiger partial charge in [-0.25, -0.2) is 0 Å². The predicted octanol–water partition coefficient (Wildman–Crippen LogP) is 9.85. The monoisotopic (exact) mass is 602 g/mol. The predicted molar refractivity (Wildman–Crippen MR) is 184 cm³/mol. The fourth-order valence-corrected chi connectivity index (χ4v) is 6.88. The molecule has 234 valence electrons. The zero-order chi connectivity index (χ0) is 30.8. The number of amides is 1. The SMILES string of the molecule is CCCCCCCCN1C(=O)C2=C(c3ccc(C(C)C)cc3)N(CCCCCCCC)C(O)C2=C1c1ccc(SC)cc1. The summed E-state index contributed by atoms with van der Waals surface area (Å²) in [6.07, 6.45) is 15.4. The fourth-order valence-electron chi connectivity index (χ4n) is 6.47. The molecule has 1 amide bonds. The molecule has 4 nitrogen and oxygen atoms in total. The Morgan fingerprint density at radius 3 is 1.79 bits per heavy atom. The highest BCUT2D eigenvalue weighted by atomic mass is 32.2. The molecule has 2 aliphatic heterocycles. The van der Waals surface area contributed by atoms with Crippen LogP contribution in [0.3, 0.4) is 0 Å². The number of fused-ring (bicyclic) bond motifs is 1. The Kier molecular flexibility index (Phi) is 12.8. The smallest absolute Gasteiger partial charge is 0.260 e. The zero-order valence-electron chi connectivity index (χ0n) is 27.3. The van der Waals surface area contributed by atoms with E-state index in [9.17, 15) is 9.90 Å². The Morgan fingerprint density at radius 1 is 0.721 bits per heavy atom. The lowest BCUT2D eigenvalue weighted by atomic mass is 9.98. The van der Waals surface area contributed by atoms with Crippen molar-refractivity contribution in [1.29, 1.82) is 0 Å². The van der Waals surface area contributed by atoms with Crippen LogP contribution in [-0.4, -0.2) is 46.4 Å². The molecule has 0 saturated carbocycles. The van der Waals surface area contributed by atoms with E-state index in [0.29, 0.717) is 18.0 Å². The fraction of sp³-hybridized carbons (Fsp3) is 0.553. The Morgan fingerprint density at radius 2 is 1.23 bits per heavy atom. The number of aliphatic hydroxyl groups is 1. The van der Waals surface area contributed by atoms with Crippen molar-refractivity contribution >= 4 is 29.1 Å². The van der Waals surface area contributed by atoms with Crippen molar-refractivity contribution in [2.45, 2.75) is 122 Å². The standard InChI is InChI=1S/C38H54N2O2S/c1-6-8-10-12-14-16-26-39-35(30-20-18-29(19-21-30)28(3)4)33-34(38(39)42)36(31-22-24-32(43-5)25-23-31)40(37(33)41)27-17-15-13-11-9-7-2/h18-25,28,38,42H,6-17,26-27H2,1-5H3. The summed E-state index contributed by atoms with van der Waals surface area (Å²) in [5, 5.41) is 12.1. The number of unbranched alkanes of at least 4 members (excludes halogenated alkanes) is 10. The summed E-state index contributed by atoms with van der Waals surface area (Å²) in [6, 6.07) is 17.2. The van der Waals surface area contributed by atoms with Gasteiger partial charge >= 0.3 is 0 Å². The van der Waals surface area contributed by atoms with E-state index >= 15 is 0 Å². The van der Waals surface area contributed by atoms with E-state index in [4.69, 9.17) is 0 Å². The molecule has 0 fully saturated rings. The lowest BCUT2D eigenvalue weighted by Gasteiger charge is -2.30. The third kappa shape index (κ3) is 7.97. The first-order valence-electron chi connectivity index (χ1n) is 16.9. The molecule has 2 aromatic rings. The summed E-state index contributed by atoms with van der Waals surface area (Å²) < 4.78 is 0. The average molecular weight is 603 g/mol. The van der Waals surface area contributed by atoms with Gasteiger partial charge in [0.25, 0.3) is 5.91 Å². The van der Waals surface area contributed by atoms with E-state index in [1.165, 1.54) is 61.8 Å². The first kappa shape index (κ1) is 33.4. The number of carbonyl (C=O) groups is 1. The maximum atomic E-state index is 14.4. The summed E-state index contributed by atoms with van der Waals surface area (Å²) in [4.78, 5) is 19.7. The minimum absolute atomic E-state index is 0.0416. The van der Waals surface area contributed by atoms with Gasteiger partial charge in [0.2, 0.25) is 0 Å². The van der Waals surface area contributed by atoms with Gasteiger partial charge < -0.3 is 14.9 Å². The molecule has 2 aliphatic rings. The number of rotatable bonds is 18. The number of hydrogen-bond acceptors (Lipinski definition) is 4. The molecule has 1 N–H and O–H groups in total. The van der Waals surface area contributed by atoms with E-state index < -0.39 is 6.23 Å². The normalized spacial score (nSPS) is 16.8. The molecule has 43 heavy (non-hydrogen) atoms. The molecule has 0 bridgehead atoms. The minimum atomic E-state index is -0.834. The van der Waals surface area contributed by atoms with E-state index in [0.717, 1.165) is 60.3 Å². The number of nitrogens with zero attached hydrogens (tertiary/aromatic N) is 2. The van der Waals surface area contributed by atoms with Crippen LogP contribution in [0.4, 0.5) is 0 Å². The quantitative estimate of drug-likeness (QED) is 0.136. The van der Waals surface area contributed by atoms with Gasteiger partial charge in [-0.1, -0.05) is 128 Å². The number of benzene rings is 2. The summed E-state index contributed by atoms with van der Waals surface area (Å²) >= 11 is 1.72. The third-order valence-electron chi connectivity index (χ3n) is 9.03. The summed E-state index contributed by atoms with van der Waals surface area (Å²) in [6.45, 7) is 10.3. The molecule has 0 radical (unpaired) electrons. The first-order chi connectivity index (χ1) is 20.9. The number of carbonyl (C=O) groups excluding carboxylic acids is 1. The molecule has 0 aliphatic carbocycles. The summed E-state index contributed by atoms with van der Waals surface area (Å²) in [5.41, 5.74) is 6.61. The Bertz CT molecular complexity index is 1250. The van der Waals surface area contributed by atoms with Crippen LogP contribution < -0.4 is 0 Å². The highest BCUT2D eigenvalue weighted by molar-refractivity contribution is 7.98. The Balaban J connectivity index is 1.73. The van der Waals surface area contributed by atoms with Crippen LogP contribution in [0.5, 0.6) is 0 Å². The molecule has 0 spiro atoms. The largest absolute Gasteiger partial charge is 0.369 e. The topological polar surface area (TPSA) is 43.8 Å². The van der Waals surface area contributed by atoms with E-state index in [1.807, 2.05) is 4.90 Å². The number of hydrogen-bond donors (Lipinski definition) is 1. The second kappa shape index (κ2) is 16.5. The van der Waals surface area contributed by atoms with Gasteiger partial charge in [0.05, 0.1) is 17.0 Å². The molecule has 5 heteroatoms. The van der Waals surface area contributed by atoms with Gasteiger partial charge in [0.1, 0.15) is 0 Å². The second-order valence-corrected chi connectivity index (χ2v) is 13.4. The van der Waals surface area contributed by atoms with Crippen LogP contribution in [0.15, 0.2) is 64.6 Å². The number of aliphatic hydroxyl groups excluding tert-OH is 1. The van der Waals surface area contributed by atoms with Crippen molar-refractivity contribution in [3.05, 3.63) is 76.4 Å². The van der Waals surface area contributed by atoms with Gasteiger partial charge in [-0.2, -0.15) is 0 Å². The van der Waals surface area contributed by atoms with Gasteiger partial charge in [-0.3, -0.25) is 4.79 Å². The molecule has 4 rings (SSSR count). The second-order valence-electron chi connectivity index (χ2n) is 12.6. The van der Waals surface area contributed by atoms with Crippen molar-refractivity contribution in [1.82, 2.24) is 9.80 Å². The van der Waals surface area contributed by atoms with Crippen molar-refractivity contribution < 1.29 is 9.90 Å². The highest BCUT2D eigenvalue weighted by Crippen LogP contribution is 2.48. The van der Waals surface area contributed by atoms with Gasteiger partial charge in [-0.15, -0.1) is 11.8 Å². The maximum absolute atomic E-state index is 14.4. The lowest BCUT2D eigenvalue weighted by molar-refractivity contribution is -0.123. The first-order valence-corrected chi connectivity index (χ1v) is 18.1. The molecule has 1 atom stereocenters. The molecule has 2 aromatic carbocycles. The van der Waals surface area contributed by atoms with E-state index in [1.54, 1.807) is 11.8 Å². The maximum Gasteiger partial charge on any atom is 0.260 e. The van der Waals surface area contributed by atoms with Crippen LogP contribution in [0.2, 0.25) is 0 Å². The minimum Gasteiger partial charge on any atom is -0.369 e. The molecule has 0 aromatic heterocycles. The third-order valence-corrected chi connectivity index (χ3v) is 9.78. The van der Waals surface area contributed by atoms with Gasteiger partial charge in [-0.05, 0) is 53.8 Å². The van der Waals surface area contributed by atoms with E-state index in [-0.39, 0.29) is 5.91 Å².